The molecule has 2 aliphatic heterocycles. The Kier molecular flexibility index (Phi) is 7.75. The molecule has 2 heterocycles. The maximum absolute atomic E-state index is 13.6. The highest BCUT2D eigenvalue weighted by atomic mass is 35.5. The minimum atomic E-state index is -0.934. The molecule has 11 heteroatoms. The number of amides is 2. The zero-order valence-corrected chi connectivity index (χ0v) is 23.8. The first-order valence-corrected chi connectivity index (χ1v) is 13.4. The molecule has 0 bridgehead atoms. The summed E-state index contributed by atoms with van der Waals surface area (Å²) in [4.78, 5) is 40.9. The van der Waals surface area contributed by atoms with Crippen LogP contribution >= 0.6 is 47.3 Å². The Morgan fingerprint density at radius 3 is 2.08 bits per heavy atom. The molecule has 2 aliphatic rings. The molecule has 0 aromatic heterocycles. The highest BCUT2D eigenvalue weighted by Gasteiger charge is 2.46. The van der Waals surface area contributed by atoms with Gasteiger partial charge in [-0.1, -0.05) is 59.0 Å². The molecule has 0 unspecified atom stereocenters. The lowest BCUT2D eigenvalue weighted by molar-refractivity contribution is -0.138. The van der Waals surface area contributed by atoms with E-state index in [1.165, 1.54) is 14.2 Å². The van der Waals surface area contributed by atoms with Gasteiger partial charge in [-0.2, -0.15) is 0 Å². The number of carbonyl (C=O) groups is 3. The van der Waals surface area contributed by atoms with Gasteiger partial charge in [-0.3, -0.25) is 4.90 Å². The average molecular weight is 575 g/mol. The van der Waals surface area contributed by atoms with Gasteiger partial charge in [-0.15, -0.1) is 0 Å². The summed E-state index contributed by atoms with van der Waals surface area (Å²) in [6.45, 7) is 5.66. The van der Waals surface area contributed by atoms with Gasteiger partial charge in [0.2, 0.25) is 0 Å². The molecular weight excluding hydrogens is 552 g/mol. The van der Waals surface area contributed by atoms with Crippen LogP contribution in [0.25, 0.3) is 5.57 Å². The van der Waals surface area contributed by atoms with Crippen molar-refractivity contribution in [1.82, 2.24) is 0 Å². The van der Waals surface area contributed by atoms with Crippen molar-refractivity contribution in [2.24, 2.45) is 0 Å². The van der Waals surface area contributed by atoms with Gasteiger partial charge in [0, 0.05) is 21.8 Å². The molecule has 2 amide bonds. The smallest absolute Gasteiger partial charge is 0.346 e. The molecule has 0 atom stereocenters. The zero-order valence-electron chi connectivity index (χ0n) is 20.6. The van der Waals surface area contributed by atoms with Crippen molar-refractivity contribution in [3.8, 4) is 0 Å². The van der Waals surface area contributed by atoms with Crippen molar-refractivity contribution in [3.63, 3.8) is 0 Å². The number of anilines is 2. The van der Waals surface area contributed by atoms with E-state index in [2.05, 4.69) is 5.32 Å². The molecule has 2 aromatic rings. The lowest BCUT2D eigenvalue weighted by atomic mass is 9.83. The Hall–Kier alpha value is -2.79. The van der Waals surface area contributed by atoms with E-state index >= 15 is 0 Å². The SMILES string of the molecule is COC(=O)C1=C(C(=O)OC)SC(=C2C(=S)C(C)(C)N(C(=O)Nc3ccc(Cl)cc3)c3ccc(C)cc32)S1. The number of ether oxygens (including phenoxy) is 2. The summed E-state index contributed by atoms with van der Waals surface area (Å²) in [5.41, 5.74) is 2.66. The first-order chi connectivity index (χ1) is 17.5. The Morgan fingerprint density at radius 1 is 0.973 bits per heavy atom. The zero-order chi connectivity index (χ0) is 27.1. The van der Waals surface area contributed by atoms with Crippen LogP contribution in [0, 0.1) is 6.92 Å². The van der Waals surface area contributed by atoms with Crippen molar-refractivity contribution < 1.29 is 23.9 Å². The second-order valence-electron chi connectivity index (χ2n) is 8.69. The van der Waals surface area contributed by atoms with Crippen LogP contribution < -0.4 is 10.2 Å². The first kappa shape index (κ1) is 27.3. The predicted octanol–water partition coefficient (Wildman–Crippen LogP) is 6.56. The fourth-order valence-electron chi connectivity index (χ4n) is 4.01. The summed E-state index contributed by atoms with van der Waals surface area (Å²) in [7, 11) is 2.51. The number of fused-ring (bicyclic) bond motifs is 1. The third kappa shape index (κ3) is 5.03. The minimum absolute atomic E-state index is 0.138. The maximum Gasteiger partial charge on any atom is 0.346 e. The summed E-state index contributed by atoms with van der Waals surface area (Å²) >= 11 is 14.2. The van der Waals surface area contributed by atoms with E-state index in [-0.39, 0.29) is 15.8 Å². The molecular formula is C26H23ClN2O5S3. The number of urea groups is 1. The van der Waals surface area contributed by atoms with Crippen molar-refractivity contribution in [2.75, 3.05) is 24.4 Å². The van der Waals surface area contributed by atoms with Crippen LogP contribution in [0.1, 0.15) is 25.0 Å². The van der Waals surface area contributed by atoms with Crippen LogP contribution in [0.3, 0.4) is 0 Å². The third-order valence-electron chi connectivity index (χ3n) is 5.84. The quantitative estimate of drug-likeness (QED) is 0.251. The number of rotatable bonds is 3. The summed E-state index contributed by atoms with van der Waals surface area (Å²) in [5.74, 6) is -1.27. The number of halogens is 1. The standard InChI is InChI=1S/C26H23ClN2O5S3/c1-13-6-11-17-16(12-13)18(24-36-19(22(30)33-4)20(37-24)23(31)34-5)21(35)26(2,3)29(17)25(32)28-15-9-7-14(27)8-10-15/h6-12H,1-5H3,(H,28,32). The molecule has 37 heavy (non-hydrogen) atoms. The molecule has 0 fully saturated rings. The van der Waals surface area contributed by atoms with Crippen LogP contribution in [0.2, 0.25) is 5.02 Å². The minimum Gasteiger partial charge on any atom is -0.465 e. The summed E-state index contributed by atoms with van der Waals surface area (Å²) in [6.07, 6.45) is 0. The van der Waals surface area contributed by atoms with E-state index in [4.69, 9.17) is 33.3 Å². The second kappa shape index (κ2) is 10.5. The Balaban J connectivity index is 1.84. The lowest BCUT2D eigenvalue weighted by Gasteiger charge is -2.45. The molecule has 192 valence electrons. The highest BCUT2D eigenvalue weighted by Crippen LogP contribution is 2.56. The molecule has 0 aliphatic carbocycles. The Morgan fingerprint density at radius 2 is 1.54 bits per heavy atom. The molecule has 1 N–H and O–H groups in total. The van der Waals surface area contributed by atoms with Crippen LogP contribution in [0.4, 0.5) is 16.2 Å². The van der Waals surface area contributed by atoms with Gasteiger partial charge in [0.15, 0.2) is 0 Å². The van der Waals surface area contributed by atoms with Crippen LogP contribution in [0.15, 0.2) is 56.5 Å². The lowest BCUT2D eigenvalue weighted by Crippen LogP contribution is -2.57. The van der Waals surface area contributed by atoms with Crippen molar-refractivity contribution >= 4 is 87.1 Å². The van der Waals surface area contributed by atoms with Gasteiger partial charge >= 0.3 is 18.0 Å². The van der Waals surface area contributed by atoms with E-state index in [0.717, 1.165) is 34.7 Å². The normalized spacial score (nSPS) is 16.5. The first-order valence-electron chi connectivity index (χ1n) is 11.0. The summed E-state index contributed by atoms with van der Waals surface area (Å²) < 4.78 is 10.4. The van der Waals surface area contributed by atoms with E-state index < -0.39 is 17.5 Å². The molecule has 2 aromatic carbocycles. The molecule has 0 saturated heterocycles. The number of thioether (sulfide) groups is 2. The number of methoxy groups -OCH3 is 2. The number of hydrogen-bond acceptors (Lipinski definition) is 8. The summed E-state index contributed by atoms with van der Waals surface area (Å²) in [5, 5.41) is 3.49. The van der Waals surface area contributed by atoms with Crippen LogP contribution in [-0.4, -0.2) is 42.6 Å². The number of thiocarbonyl (C=S) groups is 1. The van der Waals surface area contributed by atoms with Gasteiger partial charge in [0.1, 0.15) is 9.81 Å². The third-order valence-corrected chi connectivity index (χ3v) is 9.36. The fourth-order valence-corrected chi connectivity index (χ4v) is 7.17. The molecule has 7 nitrogen and oxygen atoms in total. The van der Waals surface area contributed by atoms with Crippen molar-refractivity contribution in [2.45, 2.75) is 26.3 Å². The number of esters is 2. The second-order valence-corrected chi connectivity index (χ2v) is 11.8. The number of carbonyl (C=O) groups excluding carboxylic acids is 3. The van der Waals surface area contributed by atoms with Crippen LogP contribution in [0.5, 0.6) is 0 Å². The van der Waals surface area contributed by atoms with E-state index in [0.29, 0.717) is 31.1 Å². The number of aryl methyl sites for hydroxylation is 1. The number of nitrogens with zero attached hydrogens (tertiary/aromatic N) is 1. The van der Waals surface area contributed by atoms with Gasteiger partial charge in [-0.25, -0.2) is 14.4 Å². The van der Waals surface area contributed by atoms with Crippen molar-refractivity contribution in [3.05, 3.63) is 72.7 Å². The number of nitrogens with one attached hydrogen (secondary N) is 1. The maximum atomic E-state index is 13.6. The number of hydrogen-bond donors (Lipinski definition) is 1. The van der Waals surface area contributed by atoms with Gasteiger partial charge in [0.25, 0.3) is 0 Å². The van der Waals surface area contributed by atoms with Gasteiger partial charge in [-0.05, 0) is 57.2 Å². The highest BCUT2D eigenvalue weighted by molar-refractivity contribution is 8.29. The van der Waals surface area contributed by atoms with Gasteiger partial charge in [0.05, 0.1) is 34.5 Å². The monoisotopic (exact) mass is 574 g/mol. The Labute approximate surface area is 233 Å². The van der Waals surface area contributed by atoms with E-state index in [9.17, 15) is 14.4 Å². The largest absolute Gasteiger partial charge is 0.465 e. The van der Waals surface area contributed by atoms with Gasteiger partial charge < -0.3 is 14.8 Å². The number of benzene rings is 2. The average Bonchev–Trinajstić information content (AvgIpc) is 3.30. The summed E-state index contributed by atoms with van der Waals surface area (Å²) in [6, 6.07) is 12.2. The molecule has 0 radical (unpaired) electrons. The van der Waals surface area contributed by atoms with Crippen LogP contribution in [-0.2, 0) is 19.1 Å². The van der Waals surface area contributed by atoms with E-state index in [1.807, 2.05) is 39.0 Å². The molecule has 0 spiro atoms. The Bertz CT molecular complexity index is 1370. The molecule has 0 saturated carbocycles. The van der Waals surface area contributed by atoms with E-state index in [1.54, 1.807) is 29.2 Å². The fraction of sp³-hybridized carbons (Fsp3) is 0.231. The molecule has 4 rings (SSSR count). The predicted molar refractivity (Wildman–Crippen MR) is 154 cm³/mol. The topological polar surface area (TPSA) is 84.9 Å². The van der Waals surface area contributed by atoms with Crippen molar-refractivity contribution in [1.29, 1.82) is 0 Å².